The number of aliphatic carboxylic acids is 1. The van der Waals surface area contributed by atoms with Gasteiger partial charge in [0.25, 0.3) is 5.91 Å². The topological polar surface area (TPSA) is 75.6 Å². The third-order valence-corrected chi connectivity index (χ3v) is 4.62. The Bertz CT molecular complexity index is 910. The highest BCUT2D eigenvalue weighted by Crippen LogP contribution is 2.29. The van der Waals surface area contributed by atoms with Gasteiger partial charge in [0.05, 0.1) is 18.6 Å². The highest BCUT2D eigenvalue weighted by atomic mass is 19.4. The summed E-state index contributed by atoms with van der Waals surface area (Å²) < 4.78 is 57.3. The van der Waals surface area contributed by atoms with Crippen molar-refractivity contribution in [1.29, 1.82) is 0 Å². The van der Waals surface area contributed by atoms with E-state index < -0.39 is 35.4 Å². The second-order valence-corrected chi connectivity index (χ2v) is 6.68. The number of carboxylic acids is 1. The normalized spacial score (nSPS) is 12.3. The number of hydrogen-bond acceptors (Lipinski definition) is 3. The molecular weight excluding hydrogens is 406 g/mol. The van der Waals surface area contributed by atoms with Crippen LogP contribution in [0, 0.1) is 11.7 Å². The maximum Gasteiger partial charge on any atom is 0.416 e. The van der Waals surface area contributed by atoms with Gasteiger partial charge in [-0.3, -0.25) is 9.59 Å². The maximum atomic E-state index is 14.4. The molecule has 2 rings (SSSR count). The van der Waals surface area contributed by atoms with E-state index in [1.54, 1.807) is 13.0 Å². The average Bonchev–Trinajstić information content (AvgIpc) is 2.69. The molecular formula is C21H21F4NO4. The number of alkyl halides is 3. The summed E-state index contributed by atoms with van der Waals surface area (Å²) in [7, 11) is 1.26. The number of carboxylic acid groups (broad SMARTS) is 1. The summed E-state index contributed by atoms with van der Waals surface area (Å²) in [5.41, 5.74) is -0.149. The van der Waals surface area contributed by atoms with Crippen molar-refractivity contribution in [2.75, 3.05) is 7.11 Å². The number of nitrogens with one attached hydrogen (secondary N) is 1. The summed E-state index contributed by atoms with van der Waals surface area (Å²) in [5.74, 6) is -3.13. The molecule has 0 radical (unpaired) electrons. The Morgan fingerprint density at radius 1 is 1.17 bits per heavy atom. The standard InChI is InChI=1S/C21H21F4NO4/c1-3-13(20(28)29)8-12-9-15(18(30-2)17(22)10-12)11-26-19(27)14-4-6-16(7-5-14)21(23,24)25/h4-7,9-10,13H,3,8,11H2,1-2H3,(H,26,27)(H,28,29). The van der Waals surface area contributed by atoms with Gasteiger partial charge in [-0.2, -0.15) is 13.2 Å². The monoisotopic (exact) mass is 427 g/mol. The number of carbonyl (C=O) groups is 2. The zero-order valence-corrected chi connectivity index (χ0v) is 16.3. The Kier molecular flexibility index (Phi) is 7.42. The van der Waals surface area contributed by atoms with Gasteiger partial charge in [-0.1, -0.05) is 13.0 Å². The highest BCUT2D eigenvalue weighted by Gasteiger charge is 2.30. The molecule has 5 nitrogen and oxygen atoms in total. The first kappa shape index (κ1) is 23.2. The molecule has 0 saturated carbocycles. The minimum absolute atomic E-state index is 0.00974. The van der Waals surface area contributed by atoms with E-state index in [-0.39, 0.29) is 29.8 Å². The fourth-order valence-corrected chi connectivity index (χ4v) is 2.97. The van der Waals surface area contributed by atoms with Crippen LogP contribution in [0.4, 0.5) is 17.6 Å². The zero-order chi connectivity index (χ0) is 22.5. The van der Waals surface area contributed by atoms with Gasteiger partial charge in [0, 0.05) is 17.7 Å². The number of methoxy groups -OCH3 is 1. The first-order chi connectivity index (χ1) is 14.1. The molecule has 0 bridgehead atoms. The van der Waals surface area contributed by atoms with E-state index in [0.29, 0.717) is 12.0 Å². The minimum atomic E-state index is -4.51. The average molecular weight is 427 g/mol. The van der Waals surface area contributed by atoms with E-state index in [0.717, 1.165) is 24.3 Å². The molecule has 0 spiro atoms. The summed E-state index contributed by atoms with van der Waals surface area (Å²) in [5, 5.41) is 11.7. The molecule has 0 heterocycles. The molecule has 0 fully saturated rings. The van der Waals surface area contributed by atoms with Crippen LogP contribution in [0.1, 0.15) is 40.4 Å². The fraction of sp³-hybridized carbons (Fsp3) is 0.333. The van der Waals surface area contributed by atoms with Crippen molar-refractivity contribution in [3.05, 3.63) is 64.5 Å². The van der Waals surface area contributed by atoms with Gasteiger partial charge in [0.1, 0.15) is 0 Å². The molecule has 0 aliphatic carbocycles. The van der Waals surface area contributed by atoms with E-state index in [2.05, 4.69) is 5.32 Å². The zero-order valence-electron chi connectivity index (χ0n) is 16.3. The number of hydrogen-bond donors (Lipinski definition) is 2. The van der Waals surface area contributed by atoms with E-state index in [1.165, 1.54) is 13.2 Å². The van der Waals surface area contributed by atoms with Crippen molar-refractivity contribution in [2.24, 2.45) is 5.92 Å². The molecule has 0 saturated heterocycles. The Balaban J connectivity index is 2.18. The molecule has 2 aromatic carbocycles. The number of rotatable bonds is 8. The molecule has 162 valence electrons. The third-order valence-electron chi connectivity index (χ3n) is 4.62. The van der Waals surface area contributed by atoms with Crippen LogP contribution >= 0.6 is 0 Å². The van der Waals surface area contributed by atoms with Crippen molar-refractivity contribution in [1.82, 2.24) is 5.32 Å². The van der Waals surface area contributed by atoms with Gasteiger partial charge >= 0.3 is 12.1 Å². The lowest BCUT2D eigenvalue weighted by Crippen LogP contribution is -2.23. The molecule has 0 aliphatic heterocycles. The van der Waals surface area contributed by atoms with Crippen LogP contribution in [-0.2, 0) is 23.9 Å². The highest BCUT2D eigenvalue weighted by molar-refractivity contribution is 5.94. The van der Waals surface area contributed by atoms with Gasteiger partial charge in [-0.25, -0.2) is 4.39 Å². The van der Waals surface area contributed by atoms with Crippen molar-refractivity contribution < 1.29 is 37.0 Å². The molecule has 1 amide bonds. The van der Waals surface area contributed by atoms with Crippen molar-refractivity contribution in [3.8, 4) is 5.75 Å². The predicted molar refractivity (Wildman–Crippen MR) is 101 cm³/mol. The van der Waals surface area contributed by atoms with Gasteiger partial charge in [-0.05, 0) is 48.7 Å². The number of halogens is 4. The lowest BCUT2D eigenvalue weighted by molar-refractivity contribution is -0.141. The molecule has 9 heteroatoms. The molecule has 30 heavy (non-hydrogen) atoms. The minimum Gasteiger partial charge on any atom is -0.493 e. The first-order valence-corrected chi connectivity index (χ1v) is 9.10. The molecule has 2 N–H and O–H groups in total. The number of benzene rings is 2. The lowest BCUT2D eigenvalue weighted by Gasteiger charge is -2.15. The lowest BCUT2D eigenvalue weighted by atomic mass is 9.95. The summed E-state index contributed by atoms with van der Waals surface area (Å²) in [6, 6.07) is 6.42. The molecule has 1 atom stereocenters. The molecule has 0 aromatic heterocycles. The largest absolute Gasteiger partial charge is 0.493 e. The van der Waals surface area contributed by atoms with E-state index in [9.17, 15) is 32.3 Å². The van der Waals surface area contributed by atoms with Gasteiger partial charge in [-0.15, -0.1) is 0 Å². The second-order valence-electron chi connectivity index (χ2n) is 6.68. The predicted octanol–water partition coefficient (Wildman–Crippen LogP) is 4.44. The summed E-state index contributed by atoms with van der Waals surface area (Å²) in [6.07, 6.45) is -4.04. The summed E-state index contributed by atoms with van der Waals surface area (Å²) >= 11 is 0. The van der Waals surface area contributed by atoms with Crippen molar-refractivity contribution in [2.45, 2.75) is 32.5 Å². The van der Waals surface area contributed by atoms with E-state index >= 15 is 0 Å². The van der Waals surface area contributed by atoms with Gasteiger partial charge < -0.3 is 15.2 Å². The number of ether oxygens (including phenoxy) is 1. The SMILES string of the molecule is CCC(Cc1cc(F)c(OC)c(CNC(=O)c2ccc(C(F)(F)F)cc2)c1)C(=O)O. The molecule has 2 aromatic rings. The quantitative estimate of drug-likeness (QED) is 0.611. The van der Waals surface area contributed by atoms with Crippen molar-refractivity contribution in [3.63, 3.8) is 0 Å². The van der Waals surface area contributed by atoms with Gasteiger partial charge in [0.2, 0.25) is 0 Å². The first-order valence-electron chi connectivity index (χ1n) is 9.10. The van der Waals surface area contributed by atoms with E-state index in [4.69, 9.17) is 4.74 Å². The van der Waals surface area contributed by atoms with Crippen LogP contribution < -0.4 is 10.1 Å². The Labute approximate surface area is 170 Å². The maximum absolute atomic E-state index is 14.4. The third kappa shape index (κ3) is 5.71. The molecule has 1 unspecified atom stereocenters. The van der Waals surface area contributed by atoms with E-state index in [1.807, 2.05) is 0 Å². The summed E-state index contributed by atoms with van der Waals surface area (Å²) in [4.78, 5) is 23.5. The van der Waals surface area contributed by atoms with Crippen LogP contribution in [0.5, 0.6) is 5.75 Å². The number of amides is 1. The Morgan fingerprint density at radius 2 is 1.80 bits per heavy atom. The van der Waals surface area contributed by atoms with Gasteiger partial charge in [0.15, 0.2) is 11.6 Å². The summed E-state index contributed by atoms with van der Waals surface area (Å²) in [6.45, 7) is 1.56. The van der Waals surface area contributed by atoms with Crippen molar-refractivity contribution >= 4 is 11.9 Å². The van der Waals surface area contributed by atoms with Crippen LogP contribution in [0.15, 0.2) is 36.4 Å². The smallest absolute Gasteiger partial charge is 0.416 e. The molecule has 0 aliphatic rings. The Morgan fingerprint density at radius 3 is 2.30 bits per heavy atom. The van der Waals surface area contributed by atoms with Crippen LogP contribution in [0.25, 0.3) is 0 Å². The fourth-order valence-electron chi connectivity index (χ4n) is 2.97. The Hall–Kier alpha value is -3.10. The van der Waals surface area contributed by atoms with Crippen LogP contribution in [-0.4, -0.2) is 24.1 Å². The van der Waals surface area contributed by atoms with Crippen LogP contribution in [0.2, 0.25) is 0 Å². The van der Waals surface area contributed by atoms with Crippen LogP contribution in [0.3, 0.4) is 0 Å². The number of carbonyl (C=O) groups excluding carboxylic acids is 1. The second kappa shape index (κ2) is 9.60.